The van der Waals surface area contributed by atoms with E-state index in [0.717, 1.165) is 0 Å². The van der Waals surface area contributed by atoms with E-state index in [-0.39, 0.29) is 43.6 Å². The number of carbonyl (C=O) groups excluding carboxylic acids is 2. The summed E-state index contributed by atoms with van der Waals surface area (Å²) in [5.41, 5.74) is 0.667. The van der Waals surface area contributed by atoms with Gasteiger partial charge in [0.25, 0.3) is 0 Å². The molecule has 1 aromatic heterocycles. The second-order valence-electron chi connectivity index (χ2n) is 8.64. The molecule has 38 heavy (non-hydrogen) atoms. The summed E-state index contributed by atoms with van der Waals surface area (Å²) in [6, 6.07) is 23.6. The Morgan fingerprint density at radius 2 is 1.13 bits per heavy atom. The van der Waals surface area contributed by atoms with E-state index >= 15 is 0 Å². The maximum atomic E-state index is 14.1. The van der Waals surface area contributed by atoms with E-state index in [1.807, 2.05) is 0 Å². The summed E-state index contributed by atoms with van der Waals surface area (Å²) in [4.78, 5) is 28.4. The Morgan fingerprint density at radius 3 is 1.66 bits per heavy atom. The molecule has 0 N–H and O–H groups in total. The van der Waals surface area contributed by atoms with Crippen LogP contribution in [-0.2, 0) is 28.5 Å². The van der Waals surface area contributed by atoms with Crippen LogP contribution >= 0.6 is 0 Å². The Balaban J connectivity index is 1.50. The first kappa shape index (κ1) is 26.9. The zero-order valence-electron chi connectivity index (χ0n) is 20.5. The van der Waals surface area contributed by atoms with Crippen LogP contribution < -0.4 is 0 Å². The number of rotatable bonds is 10. The van der Waals surface area contributed by atoms with Crippen LogP contribution in [0, 0.1) is 0 Å². The molecule has 0 unspecified atom stereocenters. The average molecular weight is 522 g/mol. The lowest BCUT2D eigenvalue weighted by Crippen LogP contribution is -2.16. The van der Waals surface area contributed by atoms with Crippen LogP contribution in [0.4, 0.5) is 13.2 Å². The van der Waals surface area contributed by atoms with Crippen LogP contribution in [0.3, 0.4) is 0 Å². The molecule has 4 aromatic rings. The largest absolute Gasteiger partial charge is 0.462 e. The zero-order valence-corrected chi connectivity index (χ0v) is 20.5. The Morgan fingerprint density at radius 1 is 0.658 bits per heavy atom. The number of hydrogen-bond donors (Lipinski definition) is 0. The zero-order chi connectivity index (χ0) is 27.0. The lowest BCUT2D eigenvalue weighted by atomic mass is 9.93. The van der Waals surface area contributed by atoms with Gasteiger partial charge in [0.2, 0.25) is 0 Å². The van der Waals surface area contributed by atoms with Crippen molar-refractivity contribution in [2.24, 2.45) is 0 Å². The molecule has 0 spiro atoms. The van der Waals surface area contributed by atoms with Crippen molar-refractivity contribution >= 4 is 22.8 Å². The van der Waals surface area contributed by atoms with Gasteiger partial charge >= 0.3 is 18.1 Å². The minimum Gasteiger partial charge on any atom is -0.462 e. The van der Waals surface area contributed by atoms with Gasteiger partial charge in [-0.1, -0.05) is 54.6 Å². The number of carbonyl (C=O) groups is 2. The third kappa shape index (κ3) is 6.76. The molecule has 0 saturated carbocycles. The van der Waals surface area contributed by atoms with Gasteiger partial charge in [0, 0.05) is 5.39 Å². The molecule has 1 heterocycles. The van der Waals surface area contributed by atoms with Crippen molar-refractivity contribution in [1.29, 1.82) is 0 Å². The van der Waals surface area contributed by atoms with E-state index in [1.165, 1.54) is 0 Å². The number of fused-ring (bicyclic) bond motifs is 1. The number of para-hydroxylation sites is 1. The third-order valence-electron chi connectivity index (χ3n) is 6.01. The minimum absolute atomic E-state index is 0.0217. The molecular formula is C30H26F3NO4. The van der Waals surface area contributed by atoms with Gasteiger partial charge in [0.05, 0.1) is 29.9 Å². The fourth-order valence-corrected chi connectivity index (χ4v) is 4.25. The number of esters is 2. The standard InChI is InChI=1S/C30H26F3NO4/c31-30(32,33)27-25(17-10-20-38-29(36)22-13-5-2-6-14-22)23(24-15-7-8-18-26(24)34-27)16-9-19-37-28(35)21-11-3-1-4-12-21/h1-8,11-15,18H,9-10,16-17,19-20H2. The molecule has 3 aromatic carbocycles. The van der Waals surface area contributed by atoms with Gasteiger partial charge in [-0.05, 0) is 67.1 Å². The minimum atomic E-state index is -4.66. The number of halogens is 3. The molecule has 0 amide bonds. The summed E-state index contributed by atoms with van der Waals surface area (Å²) in [7, 11) is 0. The van der Waals surface area contributed by atoms with Crippen molar-refractivity contribution in [1.82, 2.24) is 4.98 Å². The van der Waals surface area contributed by atoms with Crippen LogP contribution in [0.1, 0.15) is 50.4 Å². The molecule has 4 rings (SSSR count). The van der Waals surface area contributed by atoms with Gasteiger partial charge in [-0.3, -0.25) is 0 Å². The second kappa shape index (κ2) is 12.4. The summed E-state index contributed by atoms with van der Waals surface area (Å²) < 4.78 is 52.8. The fraction of sp³-hybridized carbons (Fsp3) is 0.233. The van der Waals surface area contributed by atoms with Crippen LogP contribution in [0.5, 0.6) is 0 Å². The molecule has 8 heteroatoms. The van der Waals surface area contributed by atoms with Crippen molar-refractivity contribution in [3.8, 4) is 0 Å². The van der Waals surface area contributed by atoms with E-state index in [0.29, 0.717) is 28.5 Å². The number of aryl methyl sites for hydroxylation is 1. The predicted molar refractivity (Wildman–Crippen MR) is 137 cm³/mol. The molecule has 0 aliphatic heterocycles. The van der Waals surface area contributed by atoms with E-state index in [1.54, 1.807) is 84.9 Å². The Bertz CT molecular complexity index is 1390. The van der Waals surface area contributed by atoms with Crippen molar-refractivity contribution < 1.29 is 32.2 Å². The maximum Gasteiger partial charge on any atom is 0.433 e. The second-order valence-corrected chi connectivity index (χ2v) is 8.64. The molecule has 5 nitrogen and oxygen atoms in total. The number of hydrogen-bond acceptors (Lipinski definition) is 5. The van der Waals surface area contributed by atoms with Crippen molar-refractivity contribution in [3.05, 3.63) is 113 Å². The first-order valence-electron chi connectivity index (χ1n) is 12.3. The normalized spacial score (nSPS) is 11.3. The highest BCUT2D eigenvalue weighted by molar-refractivity contribution is 5.89. The van der Waals surface area contributed by atoms with Gasteiger partial charge < -0.3 is 9.47 Å². The average Bonchev–Trinajstić information content (AvgIpc) is 2.93. The Hall–Kier alpha value is -4.20. The van der Waals surface area contributed by atoms with Crippen LogP contribution in [0.2, 0.25) is 0 Å². The number of ether oxygens (including phenoxy) is 2. The fourth-order valence-electron chi connectivity index (χ4n) is 4.25. The SMILES string of the molecule is O=C(OCCCc1c(C(F)(F)F)nc2ccccc2c1CCCOC(=O)c1ccccc1)c1ccccc1. The van der Waals surface area contributed by atoms with Crippen LogP contribution in [0.25, 0.3) is 10.9 Å². The molecular weight excluding hydrogens is 495 g/mol. The van der Waals surface area contributed by atoms with E-state index < -0.39 is 23.8 Å². The smallest absolute Gasteiger partial charge is 0.433 e. The van der Waals surface area contributed by atoms with Gasteiger partial charge in [-0.15, -0.1) is 0 Å². The number of pyridine rings is 1. The molecule has 0 fully saturated rings. The first-order valence-corrected chi connectivity index (χ1v) is 12.3. The number of aromatic nitrogens is 1. The molecule has 0 bridgehead atoms. The van der Waals surface area contributed by atoms with E-state index in [2.05, 4.69) is 4.98 Å². The third-order valence-corrected chi connectivity index (χ3v) is 6.01. The highest BCUT2D eigenvalue weighted by Crippen LogP contribution is 2.36. The van der Waals surface area contributed by atoms with Crippen LogP contribution in [-0.4, -0.2) is 30.1 Å². The topological polar surface area (TPSA) is 65.5 Å². The summed E-state index contributed by atoms with van der Waals surface area (Å²) >= 11 is 0. The highest BCUT2D eigenvalue weighted by atomic mass is 19.4. The van der Waals surface area contributed by atoms with Crippen molar-refractivity contribution in [2.75, 3.05) is 13.2 Å². The molecule has 0 saturated heterocycles. The maximum absolute atomic E-state index is 14.1. The monoisotopic (exact) mass is 521 g/mol. The Kier molecular flexibility index (Phi) is 8.73. The number of benzene rings is 3. The van der Waals surface area contributed by atoms with Gasteiger partial charge in [-0.2, -0.15) is 13.2 Å². The van der Waals surface area contributed by atoms with Crippen molar-refractivity contribution in [2.45, 2.75) is 31.9 Å². The first-order chi connectivity index (χ1) is 18.3. The van der Waals surface area contributed by atoms with Crippen LogP contribution in [0.15, 0.2) is 84.9 Å². The summed E-state index contributed by atoms with van der Waals surface area (Å²) in [6.45, 7) is 0.0197. The number of alkyl halides is 3. The highest BCUT2D eigenvalue weighted by Gasteiger charge is 2.37. The van der Waals surface area contributed by atoms with E-state index in [4.69, 9.17) is 9.47 Å². The number of nitrogens with zero attached hydrogens (tertiary/aromatic N) is 1. The molecule has 0 atom stereocenters. The van der Waals surface area contributed by atoms with Gasteiger partial charge in [0.15, 0.2) is 0 Å². The van der Waals surface area contributed by atoms with Gasteiger partial charge in [0.1, 0.15) is 5.69 Å². The summed E-state index contributed by atoms with van der Waals surface area (Å²) in [5, 5.41) is 0.617. The molecule has 196 valence electrons. The predicted octanol–water partition coefficient (Wildman–Crippen LogP) is 6.83. The Labute approximate surface area is 218 Å². The quantitative estimate of drug-likeness (QED) is 0.169. The lowest BCUT2D eigenvalue weighted by molar-refractivity contribution is -0.141. The molecule has 0 aliphatic rings. The molecule has 0 aliphatic carbocycles. The lowest BCUT2D eigenvalue weighted by Gasteiger charge is -2.19. The van der Waals surface area contributed by atoms with E-state index in [9.17, 15) is 22.8 Å². The van der Waals surface area contributed by atoms with Gasteiger partial charge in [-0.25, -0.2) is 14.6 Å². The van der Waals surface area contributed by atoms with Crippen molar-refractivity contribution in [3.63, 3.8) is 0 Å². The molecule has 0 radical (unpaired) electrons. The summed E-state index contributed by atoms with van der Waals surface area (Å²) in [6.07, 6.45) is -3.85. The summed E-state index contributed by atoms with van der Waals surface area (Å²) in [5.74, 6) is -1.01.